The molecule has 2 aliphatic rings. The van der Waals surface area contributed by atoms with E-state index in [0.29, 0.717) is 0 Å². The van der Waals surface area contributed by atoms with Gasteiger partial charge < -0.3 is 0 Å². The van der Waals surface area contributed by atoms with Crippen LogP contribution >= 0.6 is 0 Å². The van der Waals surface area contributed by atoms with Crippen molar-refractivity contribution >= 4 is 11.5 Å². The van der Waals surface area contributed by atoms with E-state index >= 15 is 0 Å². The van der Waals surface area contributed by atoms with Gasteiger partial charge in [0.05, 0.1) is 11.8 Å². The molecule has 0 fully saturated rings. The Hall–Kier alpha value is -6.12. The summed E-state index contributed by atoms with van der Waals surface area (Å²) >= 11 is 0. The molecular formula is C49H38N2. The Morgan fingerprint density at radius 3 is 1.75 bits per heavy atom. The molecule has 1 heterocycles. The highest BCUT2D eigenvalue weighted by molar-refractivity contribution is 6.14. The molecule has 2 heteroatoms. The Morgan fingerprint density at radius 2 is 0.980 bits per heavy atom. The van der Waals surface area contributed by atoms with E-state index in [-0.39, 0.29) is 11.5 Å². The molecule has 1 aliphatic heterocycles. The molecule has 244 valence electrons. The molecule has 1 atom stereocenters. The number of rotatable bonds is 6. The summed E-state index contributed by atoms with van der Waals surface area (Å²) in [5.74, 6) is 0.782. The maximum absolute atomic E-state index is 5.20. The van der Waals surface area contributed by atoms with E-state index < -0.39 is 0 Å². The van der Waals surface area contributed by atoms with Gasteiger partial charge in [-0.3, -0.25) is 4.99 Å². The molecule has 7 aromatic rings. The van der Waals surface area contributed by atoms with E-state index in [9.17, 15) is 0 Å². The standard InChI is InChI=1S/C49H38N2/c1-49(2)44-22-10-9-19-42(44)43-21-12-20-41(47(43)49)36-27-23-35(24-28-36)39-17-11-18-40(31-39)46-32-45(50-48(51-46)38-15-7-4-8-16-38)37-29-25-34(26-30-37)33-13-5-3-6-14-33/h3-31,45H,32H2,1-2H3. The van der Waals surface area contributed by atoms with E-state index in [2.05, 4.69) is 184 Å². The number of aliphatic imine (C=N–C) groups is 2. The Morgan fingerprint density at radius 1 is 0.451 bits per heavy atom. The van der Waals surface area contributed by atoms with Crippen molar-refractivity contribution in [2.75, 3.05) is 0 Å². The molecular weight excluding hydrogens is 617 g/mol. The molecule has 1 aliphatic carbocycles. The van der Waals surface area contributed by atoms with E-state index in [1.54, 1.807) is 0 Å². The van der Waals surface area contributed by atoms with Gasteiger partial charge >= 0.3 is 0 Å². The summed E-state index contributed by atoms with van der Waals surface area (Å²) in [6.45, 7) is 4.71. The fourth-order valence-electron chi connectivity index (χ4n) is 8.02. The number of hydrogen-bond donors (Lipinski definition) is 0. The molecule has 0 amide bonds. The first-order chi connectivity index (χ1) is 25.0. The van der Waals surface area contributed by atoms with Crippen molar-refractivity contribution in [3.8, 4) is 44.5 Å². The lowest BCUT2D eigenvalue weighted by atomic mass is 9.79. The third-order valence-corrected chi connectivity index (χ3v) is 10.6. The van der Waals surface area contributed by atoms with Crippen LogP contribution in [0.5, 0.6) is 0 Å². The van der Waals surface area contributed by atoms with Crippen molar-refractivity contribution in [3.63, 3.8) is 0 Å². The Bertz CT molecular complexity index is 2430. The normalized spacial score (nSPS) is 15.8. The molecule has 0 bridgehead atoms. The molecule has 0 saturated carbocycles. The maximum atomic E-state index is 5.20. The lowest BCUT2D eigenvalue weighted by molar-refractivity contribution is 0.662. The second-order valence-electron chi connectivity index (χ2n) is 14.1. The van der Waals surface area contributed by atoms with Crippen LogP contribution in [0.25, 0.3) is 44.5 Å². The number of fused-ring (bicyclic) bond motifs is 3. The Kier molecular flexibility index (Phi) is 7.66. The maximum Gasteiger partial charge on any atom is 0.155 e. The van der Waals surface area contributed by atoms with Gasteiger partial charge in [0.2, 0.25) is 0 Å². The fraction of sp³-hybridized carbons (Fsp3) is 0.102. The summed E-state index contributed by atoms with van der Waals surface area (Å²) in [4.78, 5) is 10.4. The lowest BCUT2D eigenvalue weighted by Gasteiger charge is -2.24. The zero-order valence-electron chi connectivity index (χ0n) is 28.9. The molecule has 0 N–H and O–H groups in total. The Balaban J connectivity index is 1.03. The molecule has 0 radical (unpaired) electrons. The second kappa shape index (κ2) is 12.6. The van der Waals surface area contributed by atoms with Gasteiger partial charge in [-0.05, 0) is 72.8 Å². The van der Waals surface area contributed by atoms with Gasteiger partial charge in [0.15, 0.2) is 5.84 Å². The Labute approximate surface area is 300 Å². The van der Waals surface area contributed by atoms with Crippen molar-refractivity contribution in [1.82, 2.24) is 0 Å². The number of nitrogens with zero attached hydrogens (tertiary/aromatic N) is 2. The largest absolute Gasteiger partial charge is 0.258 e. The van der Waals surface area contributed by atoms with Gasteiger partial charge in [0.25, 0.3) is 0 Å². The predicted octanol–water partition coefficient (Wildman–Crippen LogP) is 12.4. The quantitative estimate of drug-likeness (QED) is 0.170. The molecule has 0 spiro atoms. The van der Waals surface area contributed by atoms with Crippen LogP contribution in [0.3, 0.4) is 0 Å². The van der Waals surface area contributed by atoms with Crippen molar-refractivity contribution in [3.05, 3.63) is 204 Å². The highest BCUT2D eigenvalue weighted by Crippen LogP contribution is 2.52. The molecule has 51 heavy (non-hydrogen) atoms. The summed E-state index contributed by atoms with van der Waals surface area (Å²) in [6.07, 6.45) is 0.737. The van der Waals surface area contributed by atoms with Gasteiger partial charge in [-0.2, -0.15) is 0 Å². The first kappa shape index (κ1) is 30.9. The summed E-state index contributed by atoms with van der Waals surface area (Å²) in [6, 6.07) is 63.3. The van der Waals surface area contributed by atoms with Crippen molar-refractivity contribution in [2.24, 2.45) is 9.98 Å². The average Bonchev–Trinajstić information content (AvgIpc) is 3.45. The third-order valence-electron chi connectivity index (χ3n) is 10.6. The third kappa shape index (κ3) is 5.63. The van der Waals surface area contributed by atoms with Gasteiger partial charge in [0, 0.05) is 17.4 Å². The smallest absolute Gasteiger partial charge is 0.155 e. The summed E-state index contributed by atoms with van der Waals surface area (Å²) in [5, 5.41) is 0. The van der Waals surface area contributed by atoms with Crippen LogP contribution in [0.2, 0.25) is 0 Å². The van der Waals surface area contributed by atoms with Crippen LogP contribution < -0.4 is 0 Å². The average molecular weight is 655 g/mol. The van der Waals surface area contributed by atoms with Crippen LogP contribution in [-0.2, 0) is 5.41 Å². The summed E-state index contributed by atoms with van der Waals surface area (Å²) in [7, 11) is 0. The molecule has 0 saturated heterocycles. The topological polar surface area (TPSA) is 24.7 Å². The van der Waals surface area contributed by atoms with E-state index in [1.165, 1.54) is 61.2 Å². The van der Waals surface area contributed by atoms with Gasteiger partial charge in [-0.1, -0.05) is 184 Å². The monoisotopic (exact) mass is 654 g/mol. The zero-order chi connectivity index (χ0) is 34.4. The molecule has 2 nitrogen and oxygen atoms in total. The van der Waals surface area contributed by atoms with E-state index in [4.69, 9.17) is 9.98 Å². The van der Waals surface area contributed by atoms with Crippen LogP contribution in [-0.4, -0.2) is 11.5 Å². The van der Waals surface area contributed by atoms with E-state index in [0.717, 1.165) is 29.1 Å². The minimum atomic E-state index is -0.0556. The lowest BCUT2D eigenvalue weighted by Crippen LogP contribution is -2.17. The number of hydrogen-bond acceptors (Lipinski definition) is 2. The second-order valence-corrected chi connectivity index (χ2v) is 14.1. The first-order valence-electron chi connectivity index (χ1n) is 17.8. The highest BCUT2D eigenvalue weighted by atomic mass is 15.0. The SMILES string of the molecule is CC1(C)c2ccccc2-c2cccc(-c3ccc(-c4cccc(C5=NC(c6ccccc6)=NC(c6ccc(-c7ccccc7)cc6)C5)c4)cc3)c21. The summed E-state index contributed by atoms with van der Waals surface area (Å²) in [5.41, 5.74) is 17.2. The summed E-state index contributed by atoms with van der Waals surface area (Å²) < 4.78 is 0. The van der Waals surface area contributed by atoms with Crippen LogP contribution in [0.1, 0.15) is 54.1 Å². The van der Waals surface area contributed by atoms with Crippen LogP contribution in [0.4, 0.5) is 0 Å². The predicted molar refractivity (Wildman–Crippen MR) is 214 cm³/mol. The van der Waals surface area contributed by atoms with Crippen molar-refractivity contribution in [1.29, 1.82) is 0 Å². The zero-order valence-corrected chi connectivity index (χ0v) is 28.9. The molecule has 9 rings (SSSR count). The first-order valence-corrected chi connectivity index (χ1v) is 17.8. The van der Waals surface area contributed by atoms with E-state index in [1.807, 2.05) is 6.07 Å². The molecule has 1 unspecified atom stereocenters. The molecule has 7 aromatic carbocycles. The number of amidine groups is 1. The van der Waals surface area contributed by atoms with Crippen molar-refractivity contribution < 1.29 is 0 Å². The highest BCUT2D eigenvalue weighted by Gasteiger charge is 2.37. The van der Waals surface area contributed by atoms with Gasteiger partial charge in [-0.25, -0.2) is 4.99 Å². The molecule has 0 aromatic heterocycles. The van der Waals surface area contributed by atoms with Crippen LogP contribution in [0.15, 0.2) is 186 Å². The van der Waals surface area contributed by atoms with Gasteiger partial charge in [0.1, 0.15) is 0 Å². The number of benzene rings is 7. The van der Waals surface area contributed by atoms with Gasteiger partial charge in [-0.15, -0.1) is 0 Å². The fourth-order valence-corrected chi connectivity index (χ4v) is 8.02. The minimum absolute atomic E-state index is 0.0246. The van der Waals surface area contributed by atoms with Crippen LogP contribution in [0, 0.1) is 0 Å². The van der Waals surface area contributed by atoms with Crippen molar-refractivity contribution in [2.45, 2.75) is 31.7 Å². The minimum Gasteiger partial charge on any atom is -0.258 e.